The van der Waals surface area contributed by atoms with E-state index in [4.69, 9.17) is 11.6 Å². The molecule has 1 aromatic heterocycles. The van der Waals surface area contributed by atoms with Gasteiger partial charge in [0.05, 0.1) is 6.20 Å². The normalized spacial score (nSPS) is 10.3. The Morgan fingerprint density at radius 1 is 1.37 bits per heavy atom. The van der Waals surface area contributed by atoms with Crippen LogP contribution in [0.5, 0.6) is 0 Å². The zero-order valence-corrected chi connectivity index (χ0v) is 11.4. The summed E-state index contributed by atoms with van der Waals surface area (Å²) in [5.74, 6) is -0.0196. The summed E-state index contributed by atoms with van der Waals surface area (Å²) in [6.07, 6.45) is 1.13. The molecule has 0 radical (unpaired) electrons. The van der Waals surface area contributed by atoms with Crippen LogP contribution in [0.25, 0.3) is 0 Å². The Hall–Kier alpha value is -1.88. The number of benzene rings is 1. The maximum Gasteiger partial charge on any atom is 0.224 e. The van der Waals surface area contributed by atoms with Gasteiger partial charge in [0, 0.05) is 17.3 Å². The Morgan fingerprint density at radius 3 is 2.84 bits per heavy atom. The van der Waals surface area contributed by atoms with Gasteiger partial charge in [-0.25, -0.2) is 9.37 Å². The van der Waals surface area contributed by atoms with E-state index in [1.807, 2.05) is 26.0 Å². The van der Waals surface area contributed by atoms with E-state index < -0.39 is 5.82 Å². The molecule has 2 rings (SSSR count). The van der Waals surface area contributed by atoms with Crippen LogP contribution in [0, 0.1) is 12.7 Å². The van der Waals surface area contributed by atoms with E-state index in [0.717, 1.165) is 11.8 Å². The molecule has 19 heavy (non-hydrogen) atoms. The third-order valence-electron chi connectivity index (χ3n) is 2.51. The van der Waals surface area contributed by atoms with Crippen molar-refractivity contribution in [3.63, 3.8) is 0 Å². The SMILES string of the molecule is CCNc1ncc(F)c(Nc2ccc(C)c(Cl)c2)n1. The van der Waals surface area contributed by atoms with Gasteiger partial charge in [-0.15, -0.1) is 0 Å². The third-order valence-corrected chi connectivity index (χ3v) is 2.92. The summed E-state index contributed by atoms with van der Waals surface area (Å²) >= 11 is 6.02. The van der Waals surface area contributed by atoms with Crippen molar-refractivity contribution in [2.45, 2.75) is 13.8 Å². The molecule has 0 saturated carbocycles. The highest BCUT2D eigenvalue weighted by Gasteiger charge is 2.07. The van der Waals surface area contributed by atoms with E-state index in [-0.39, 0.29) is 5.82 Å². The van der Waals surface area contributed by atoms with Gasteiger partial charge in [0.15, 0.2) is 11.6 Å². The zero-order valence-electron chi connectivity index (χ0n) is 10.7. The molecule has 0 spiro atoms. The van der Waals surface area contributed by atoms with Crippen LogP contribution in [0.3, 0.4) is 0 Å². The van der Waals surface area contributed by atoms with Crippen LogP contribution in [-0.4, -0.2) is 16.5 Å². The van der Waals surface area contributed by atoms with Crippen molar-refractivity contribution in [2.24, 2.45) is 0 Å². The molecule has 1 heterocycles. The Labute approximate surface area is 116 Å². The van der Waals surface area contributed by atoms with Gasteiger partial charge in [0.1, 0.15) is 0 Å². The maximum atomic E-state index is 13.6. The number of halogens is 2. The van der Waals surface area contributed by atoms with Crippen molar-refractivity contribution in [2.75, 3.05) is 17.2 Å². The molecule has 0 aliphatic rings. The van der Waals surface area contributed by atoms with E-state index >= 15 is 0 Å². The van der Waals surface area contributed by atoms with Crippen molar-refractivity contribution in [1.29, 1.82) is 0 Å². The van der Waals surface area contributed by atoms with Crippen LogP contribution in [0.4, 0.5) is 21.8 Å². The van der Waals surface area contributed by atoms with Crippen LogP contribution < -0.4 is 10.6 Å². The lowest BCUT2D eigenvalue weighted by molar-refractivity contribution is 0.619. The second kappa shape index (κ2) is 5.84. The standard InChI is InChI=1S/C13H14ClFN4/c1-3-16-13-17-7-11(15)12(19-13)18-9-5-4-8(2)10(14)6-9/h4-7H,3H2,1-2H3,(H2,16,17,18,19). The molecular weight excluding hydrogens is 267 g/mol. The Morgan fingerprint density at radius 2 is 2.16 bits per heavy atom. The number of hydrogen-bond acceptors (Lipinski definition) is 4. The Kier molecular flexibility index (Phi) is 4.16. The fourth-order valence-electron chi connectivity index (χ4n) is 1.51. The van der Waals surface area contributed by atoms with Crippen molar-refractivity contribution in [3.8, 4) is 0 Å². The molecule has 0 unspecified atom stereocenters. The Bertz CT molecular complexity index is 589. The van der Waals surface area contributed by atoms with Crippen LogP contribution >= 0.6 is 11.6 Å². The predicted molar refractivity (Wildman–Crippen MR) is 75.6 cm³/mol. The van der Waals surface area contributed by atoms with Gasteiger partial charge in [-0.2, -0.15) is 4.98 Å². The van der Waals surface area contributed by atoms with Crippen LogP contribution in [0.1, 0.15) is 12.5 Å². The number of hydrogen-bond donors (Lipinski definition) is 2. The van der Waals surface area contributed by atoms with Gasteiger partial charge in [0.2, 0.25) is 5.95 Å². The fourth-order valence-corrected chi connectivity index (χ4v) is 1.69. The summed E-state index contributed by atoms with van der Waals surface area (Å²) in [6, 6.07) is 5.40. The Balaban J connectivity index is 2.26. The van der Waals surface area contributed by atoms with Gasteiger partial charge in [-0.1, -0.05) is 17.7 Å². The molecule has 4 nitrogen and oxygen atoms in total. The highest BCUT2D eigenvalue weighted by atomic mass is 35.5. The number of aromatic nitrogens is 2. The largest absolute Gasteiger partial charge is 0.354 e. The van der Waals surface area contributed by atoms with Gasteiger partial charge in [-0.05, 0) is 31.5 Å². The minimum absolute atomic E-state index is 0.117. The highest BCUT2D eigenvalue weighted by molar-refractivity contribution is 6.31. The molecule has 0 saturated heterocycles. The van der Waals surface area contributed by atoms with Crippen molar-refractivity contribution >= 4 is 29.1 Å². The number of anilines is 3. The van der Waals surface area contributed by atoms with E-state index in [1.165, 1.54) is 0 Å². The van der Waals surface area contributed by atoms with Gasteiger partial charge in [-0.3, -0.25) is 0 Å². The molecule has 0 aliphatic carbocycles. The fraction of sp³-hybridized carbons (Fsp3) is 0.231. The van der Waals surface area contributed by atoms with Gasteiger partial charge < -0.3 is 10.6 Å². The number of nitrogens with zero attached hydrogens (tertiary/aromatic N) is 2. The smallest absolute Gasteiger partial charge is 0.224 e. The monoisotopic (exact) mass is 280 g/mol. The summed E-state index contributed by atoms with van der Waals surface area (Å²) in [6.45, 7) is 4.49. The first-order chi connectivity index (χ1) is 9.10. The molecule has 0 amide bonds. The first-order valence-corrected chi connectivity index (χ1v) is 6.27. The number of aryl methyl sites for hydroxylation is 1. The molecule has 100 valence electrons. The zero-order chi connectivity index (χ0) is 13.8. The average molecular weight is 281 g/mol. The quantitative estimate of drug-likeness (QED) is 0.895. The molecule has 0 atom stereocenters. The topological polar surface area (TPSA) is 49.8 Å². The molecule has 0 aliphatic heterocycles. The summed E-state index contributed by atoms with van der Waals surface area (Å²) < 4.78 is 13.6. The summed E-state index contributed by atoms with van der Waals surface area (Å²) in [7, 11) is 0. The first-order valence-electron chi connectivity index (χ1n) is 5.89. The van der Waals surface area contributed by atoms with Crippen LogP contribution in [-0.2, 0) is 0 Å². The van der Waals surface area contributed by atoms with Crippen LogP contribution in [0.15, 0.2) is 24.4 Å². The lowest BCUT2D eigenvalue weighted by Gasteiger charge is -2.09. The average Bonchev–Trinajstić information content (AvgIpc) is 2.38. The molecule has 6 heteroatoms. The molecule has 1 aromatic carbocycles. The lowest BCUT2D eigenvalue weighted by Crippen LogP contribution is -2.05. The van der Waals surface area contributed by atoms with Gasteiger partial charge >= 0.3 is 0 Å². The van der Waals surface area contributed by atoms with Crippen molar-refractivity contribution in [1.82, 2.24) is 9.97 Å². The summed E-state index contributed by atoms with van der Waals surface area (Å²) in [5.41, 5.74) is 1.64. The molecule has 0 fully saturated rings. The molecule has 0 bridgehead atoms. The van der Waals surface area contributed by atoms with E-state index in [2.05, 4.69) is 20.6 Å². The van der Waals surface area contributed by atoms with Crippen molar-refractivity contribution < 1.29 is 4.39 Å². The van der Waals surface area contributed by atoms with E-state index in [9.17, 15) is 4.39 Å². The molecule has 2 aromatic rings. The second-order valence-corrected chi connectivity index (χ2v) is 4.42. The van der Waals surface area contributed by atoms with Crippen LogP contribution in [0.2, 0.25) is 5.02 Å². The number of nitrogens with one attached hydrogen (secondary N) is 2. The summed E-state index contributed by atoms with van der Waals surface area (Å²) in [5, 5.41) is 6.43. The third kappa shape index (κ3) is 3.32. The first kappa shape index (κ1) is 13.5. The van der Waals surface area contributed by atoms with Gasteiger partial charge in [0.25, 0.3) is 0 Å². The second-order valence-electron chi connectivity index (χ2n) is 4.01. The maximum absolute atomic E-state index is 13.6. The van der Waals surface area contributed by atoms with E-state index in [1.54, 1.807) is 6.07 Å². The number of rotatable bonds is 4. The minimum atomic E-state index is -0.515. The molecule has 2 N–H and O–H groups in total. The van der Waals surface area contributed by atoms with Crippen molar-refractivity contribution in [3.05, 3.63) is 40.8 Å². The summed E-state index contributed by atoms with van der Waals surface area (Å²) in [4.78, 5) is 7.90. The van der Waals surface area contributed by atoms with E-state index in [0.29, 0.717) is 23.2 Å². The minimum Gasteiger partial charge on any atom is -0.354 e. The predicted octanol–water partition coefficient (Wildman–Crippen LogP) is 3.75. The highest BCUT2D eigenvalue weighted by Crippen LogP contribution is 2.23. The molecular formula is C13H14ClFN4. The lowest BCUT2D eigenvalue weighted by atomic mass is 10.2.